The second-order valence-corrected chi connectivity index (χ2v) is 12.6. The molecule has 0 aromatic carbocycles. The van der Waals surface area contributed by atoms with E-state index < -0.39 is 15.4 Å². The van der Waals surface area contributed by atoms with E-state index in [0.717, 1.165) is 42.7 Å². The van der Waals surface area contributed by atoms with Gasteiger partial charge in [-0.1, -0.05) is 6.08 Å². The molecule has 33 heavy (non-hydrogen) atoms. The molecular weight excluding hydrogens is 442 g/mol. The van der Waals surface area contributed by atoms with E-state index >= 15 is 0 Å². The van der Waals surface area contributed by atoms with Crippen LogP contribution in [0.4, 0.5) is 4.79 Å². The summed E-state index contributed by atoms with van der Waals surface area (Å²) in [7, 11) is -3.01. The standard InChI is InChI=1S/C24H35N3O5S/c1-24(2,3)32-23(28)27-11-7-18(8-12-27)21-14-19-13-20(25-15-22(19)31-21)17-5-9-26(10-6-17)16-33(4,29)30/h5,13,15,18,21H,6-12,14,16H2,1-4H3. The quantitative estimate of drug-likeness (QED) is 0.658. The Bertz CT molecular complexity index is 1020. The third-order valence-corrected chi connectivity index (χ3v) is 7.24. The van der Waals surface area contributed by atoms with Gasteiger partial charge in [0.2, 0.25) is 0 Å². The first-order valence-electron chi connectivity index (χ1n) is 11.7. The number of pyridine rings is 1. The van der Waals surface area contributed by atoms with Crippen molar-refractivity contribution in [1.29, 1.82) is 0 Å². The minimum Gasteiger partial charge on any atom is -0.488 e. The summed E-state index contributed by atoms with van der Waals surface area (Å²) >= 11 is 0. The predicted molar refractivity (Wildman–Crippen MR) is 127 cm³/mol. The van der Waals surface area contributed by atoms with Gasteiger partial charge in [0.15, 0.2) is 9.84 Å². The molecule has 0 radical (unpaired) electrons. The van der Waals surface area contributed by atoms with Crippen LogP contribution in [0.1, 0.15) is 51.3 Å². The second-order valence-electron chi connectivity index (χ2n) is 10.5. The normalized spacial score (nSPS) is 22.5. The van der Waals surface area contributed by atoms with Gasteiger partial charge in [0.05, 0.1) is 11.9 Å². The molecule has 1 unspecified atom stereocenters. The third-order valence-electron chi connectivity index (χ3n) is 6.40. The van der Waals surface area contributed by atoms with Crippen LogP contribution < -0.4 is 4.74 Å². The smallest absolute Gasteiger partial charge is 0.410 e. The number of aromatic nitrogens is 1. The van der Waals surface area contributed by atoms with Gasteiger partial charge in [0.1, 0.15) is 23.3 Å². The molecule has 182 valence electrons. The zero-order chi connectivity index (χ0) is 23.8. The summed E-state index contributed by atoms with van der Waals surface area (Å²) in [6, 6.07) is 2.13. The van der Waals surface area contributed by atoms with Crippen molar-refractivity contribution in [3.05, 3.63) is 29.6 Å². The minimum absolute atomic E-state index is 0.0939. The maximum atomic E-state index is 12.3. The molecule has 0 spiro atoms. The largest absolute Gasteiger partial charge is 0.488 e. The van der Waals surface area contributed by atoms with Crippen LogP contribution in [0.25, 0.3) is 5.57 Å². The first kappa shape index (κ1) is 24.0. The molecule has 4 rings (SSSR count). The van der Waals surface area contributed by atoms with E-state index in [4.69, 9.17) is 9.47 Å². The number of fused-ring (bicyclic) bond motifs is 1. The van der Waals surface area contributed by atoms with Crippen molar-refractivity contribution in [2.24, 2.45) is 5.92 Å². The number of ether oxygens (including phenoxy) is 2. The van der Waals surface area contributed by atoms with E-state index in [2.05, 4.69) is 17.1 Å². The van der Waals surface area contributed by atoms with Crippen LogP contribution in [0.15, 0.2) is 18.3 Å². The van der Waals surface area contributed by atoms with Crippen LogP contribution in [0.3, 0.4) is 0 Å². The van der Waals surface area contributed by atoms with E-state index in [1.54, 1.807) is 4.90 Å². The number of likely N-dealkylation sites (tertiary alicyclic amines) is 1. The summed E-state index contributed by atoms with van der Waals surface area (Å²) in [6.07, 6.45) is 8.51. The maximum absolute atomic E-state index is 12.3. The molecule has 1 saturated heterocycles. The van der Waals surface area contributed by atoms with Crippen molar-refractivity contribution in [3.63, 3.8) is 0 Å². The molecule has 4 heterocycles. The van der Waals surface area contributed by atoms with E-state index in [0.29, 0.717) is 32.1 Å². The molecule has 3 aliphatic rings. The number of nitrogens with zero attached hydrogens (tertiary/aromatic N) is 3. The fraction of sp³-hybridized carbons (Fsp3) is 0.667. The monoisotopic (exact) mass is 477 g/mol. The van der Waals surface area contributed by atoms with Gasteiger partial charge in [-0.05, 0) is 57.6 Å². The SMILES string of the molecule is CC(C)(C)OC(=O)N1CCC(C2Cc3cc(C4=CCN(CS(C)(=O)=O)CC4)ncc3O2)CC1. The van der Waals surface area contributed by atoms with Gasteiger partial charge in [-0.2, -0.15) is 0 Å². The Balaban J connectivity index is 1.32. The minimum atomic E-state index is -3.01. The molecule has 1 aromatic rings. The van der Waals surface area contributed by atoms with Crippen LogP contribution in [-0.2, 0) is 21.0 Å². The highest BCUT2D eigenvalue weighted by Gasteiger charge is 2.35. The van der Waals surface area contributed by atoms with E-state index in [1.807, 2.05) is 31.9 Å². The molecule has 1 amide bonds. The van der Waals surface area contributed by atoms with Crippen LogP contribution in [-0.4, -0.2) is 79.3 Å². The summed E-state index contributed by atoms with van der Waals surface area (Å²) in [6.45, 7) is 8.38. The fourth-order valence-electron chi connectivity index (χ4n) is 4.78. The van der Waals surface area contributed by atoms with Gasteiger partial charge < -0.3 is 14.4 Å². The third kappa shape index (κ3) is 6.26. The van der Waals surface area contributed by atoms with Gasteiger partial charge >= 0.3 is 6.09 Å². The highest BCUT2D eigenvalue weighted by atomic mass is 32.2. The van der Waals surface area contributed by atoms with E-state index in [1.165, 1.54) is 11.8 Å². The number of amides is 1. The lowest BCUT2D eigenvalue weighted by molar-refractivity contribution is 0.0123. The van der Waals surface area contributed by atoms with E-state index in [-0.39, 0.29) is 18.1 Å². The number of carbonyl (C=O) groups is 1. The van der Waals surface area contributed by atoms with Crippen LogP contribution in [0, 0.1) is 5.92 Å². The zero-order valence-corrected chi connectivity index (χ0v) is 20.9. The topological polar surface area (TPSA) is 89.0 Å². The van der Waals surface area contributed by atoms with Gasteiger partial charge in [-0.3, -0.25) is 9.88 Å². The average molecular weight is 478 g/mol. The fourth-order valence-corrected chi connectivity index (χ4v) is 5.68. The van der Waals surface area contributed by atoms with Crippen LogP contribution in [0.5, 0.6) is 5.75 Å². The molecule has 3 aliphatic heterocycles. The van der Waals surface area contributed by atoms with Crippen molar-refractivity contribution in [2.75, 3.05) is 38.3 Å². The van der Waals surface area contributed by atoms with Gasteiger partial charge in [0, 0.05) is 44.4 Å². The highest BCUT2D eigenvalue weighted by Crippen LogP contribution is 2.36. The number of hydrogen-bond acceptors (Lipinski definition) is 7. The molecular formula is C24H35N3O5S. The summed E-state index contributed by atoms with van der Waals surface area (Å²) < 4.78 is 34.8. The lowest BCUT2D eigenvalue weighted by atomic mass is 9.89. The second kappa shape index (κ2) is 9.25. The van der Waals surface area contributed by atoms with Crippen molar-refractivity contribution in [2.45, 2.75) is 58.2 Å². The summed E-state index contributed by atoms with van der Waals surface area (Å²) in [5.74, 6) is 1.35. The van der Waals surface area contributed by atoms with Crippen LogP contribution >= 0.6 is 0 Å². The Morgan fingerprint density at radius 3 is 2.58 bits per heavy atom. The maximum Gasteiger partial charge on any atom is 0.410 e. The Morgan fingerprint density at radius 2 is 1.97 bits per heavy atom. The lowest BCUT2D eigenvalue weighted by Gasteiger charge is -2.35. The van der Waals surface area contributed by atoms with E-state index in [9.17, 15) is 13.2 Å². The van der Waals surface area contributed by atoms with Crippen molar-refractivity contribution in [3.8, 4) is 5.75 Å². The molecule has 0 aliphatic carbocycles. The number of rotatable bonds is 4. The molecule has 0 bridgehead atoms. The Hall–Kier alpha value is -2.13. The average Bonchev–Trinajstić information content (AvgIpc) is 3.15. The summed E-state index contributed by atoms with van der Waals surface area (Å²) in [5, 5.41) is 0. The molecule has 1 fully saturated rings. The number of piperidine rings is 1. The van der Waals surface area contributed by atoms with Gasteiger partial charge in [-0.25, -0.2) is 13.2 Å². The molecule has 0 saturated carbocycles. The lowest BCUT2D eigenvalue weighted by Crippen LogP contribution is -2.44. The van der Waals surface area contributed by atoms with Gasteiger partial charge in [-0.15, -0.1) is 0 Å². The summed E-state index contributed by atoms with van der Waals surface area (Å²) in [5.41, 5.74) is 2.82. The Labute approximate surface area is 196 Å². The zero-order valence-electron chi connectivity index (χ0n) is 20.0. The predicted octanol–water partition coefficient (Wildman–Crippen LogP) is 3.12. The highest BCUT2D eigenvalue weighted by molar-refractivity contribution is 7.90. The number of sulfone groups is 1. The van der Waals surface area contributed by atoms with Crippen molar-refractivity contribution in [1.82, 2.24) is 14.8 Å². The summed E-state index contributed by atoms with van der Waals surface area (Å²) in [4.78, 5) is 20.7. The number of carbonyl (C=O) groups excluding carboxylic acids is 1. The van der Waals surface area contributed by atoms with Crippen molar-refractivity contribution >= 4 is 21.5 Å². The Kier molecular flexibility index (Phi) is 6.73. The molecule has 0 N–H and O–H groups in total. The Morgan fingerprint density at radius 1 is 1.24 bits per heavy atom. The molecule has 1 aromatic heterocycles. The number of hydrogen-bond donors (Lipinski definition) is 0. The van der Waals surface area contributed by atoms with Crippen LogP contribution in [0.2, 0.25) is 0 Å². The van der Waals surface area contributed by atoms with Crippen molar-refractivity contribution < 1.29 is 22.7 Å². The molecule has 1 atom stereocenters. The molecule has 8 nitrogen and oxygen atoms in total. The molecule has 9 heteroatoms. The first-order valence-corrected chi connectivity index (χ1v) is 13.8. The first-order chi connectivity index (χ1) is 15.5. The van der Waals surface area contributed by atoms with Gasteiger partial charge in [0.25, 0.3) is 0 Å².